The van der Waals surface area contributed by atoms with E-state index in [1.807, 2.05) is 17.0 Å². The second kappa shape index (κ2) is 12.2. The SMILES string of the molecule is COC(=O)CCCC(=O)N(CC1CCN(Cc2ccccc2F)CC1)C[C@H]1CCCO1. The molecular weight excluding hydrogens is 399 g/mol. The Morgan fingerprint density at radius 3 is 2.61 bits per heavy atom. The number of piperidine rings is 1. The summed E-state index contributed by atoms with van der Waals surface area (Å²) in [6.45, 7) is 4.57. The maximum atomic E-state index is 13.9. The molecule has 2 heterocycles. The molecular formula is C24H35FN2O4. The fourth-order valence-corrected chi connectivity index (χ4v) is 4.46. The number of benzene rings is 1. The third-order valence-electron chi connectivity index (χ3n) is 6.34. The fraction of sp³-hybridized carbons (Fsp3) is 0.667. The van der Waals surface area contributed by atoms with Gasteiger partial charge in [-0.1, -0.05) is 18.2 Å². The number of nitrogens with zero attached hydrogens (tertiary/aromatic N) is 2. The molecule has 0 aliphatic carbocycles. The third-order valence-corrected chi connectivity index (χ3v) is 6.34. The second-order valence-electron chi connectivity index (χ2n) is 8.67. The van der Waals surface area contributed by atoms with E-state index in [4.69, 9.17) is 4.74 Å². The lowest BCUT2D eigenvalue weighted by Crippen LogP contribution is -2.43. The van der Waals surface area contributed by atoms with E-state index in [0.29, 0.717) is 31.8 Å². The molecule has 0 saturated carbocycles. The van der Waals surface area contributed by atoms with E-state index in [9.17, 15) is 14.0 Å². The van der Waals surface area contributed by atoms with Crippen LogP contribution in [0.1, 0.15) is 50.5 Å². The standard InChI is InChI=1S/C24H35FN2O4/c1-30-24(29)10-4-9-23(28)27(18-21-7-5-15-31-21)16-19-11-13-26(14-12-19)17-20-6-2-3-8-22(20)25/h2-3,6,8,19,21H,4-5,7,9-18H2,1H3/t21-/m1/s1. The first-order chi connectivity index (χ1) is 15.0. The first-order valence-electron chi connectivity index (χ1n) is 11.5. The van der Waals surface area contributed by atoms with Gasteiger partial charge in [0.1, 0.15) is 5.82 Å². The van der Waals surface area contributed by atoms with Crippen molar-refractivity contribution in [1.29, 1.82) is 0 Å². The Hall–Kier alpha value is -1.99. The molecule has 6 nitrogen and oxygen atoms in total. The van der Waals surface area contributed by atoms with E-state index in [-0.39, 0.29) is 30.2 Å². The molecule has 0 spiro atoms. The van der Waals surface area contributed by atoms with Gasteiger partial charge in [0.2, 0.25) is 5.91 Å². The lowest BCUT2D eigenvalue weighted by atomic mass is 9.95. The van der Waals surface area contributed by atoms with Crippen LogP contribution in [0.3, 0.4) is 0 Å². The molecule has 1 aromatic carbocycles. The van der Waals surface area contributed by atoms with Gasteiger partial charge in [-0.3, -0.25) is 14.5 Å². The number of carbonyl (C=O) groups excluding carboxylic acids is 2. The highest BCUT2D eigenvalue weighted by Crippen LogP contribution is 2.23. The van der Waals surface area contributed by atoms with Gasteiger partial charge in [-0.15, -0.1) is 0 Å². The second-order valence-corrected chi connectivity index (χ2v) is 8.67. The van der Waals surface area contributed by atoms with E-state index in [0.717, 1.165) is 57.5 Å². The van der Waals surface area contributed by atoms with Gasteiger partial charge in [0.05, 0.1) is 13.2 Å². The highest BCUT2D eigenvalue weighted by Gasteiger charge is 2.27. The predicted molar refractivity (Wildman–Crippen MR) is 116 cm³/mol. The molecule has 0 bridgehead atoms. The van der Waals surface area contributed by atoms with Crippen LogP contribution in [0.5, 0.6) is 0 Å². The third kappa shape index (κ3) is 7.58. The Morgan fingerprint density at radius 1 is 1.16 bits per heavy atom. The number of methoxy groups -OCH3 is 1. The molecule has 0 N–H and O–H groups in total. The summed E-state index contributed by atoms with van der Waals surface area (Å²) < 4.78 is 24.4. The number of ether oxygens (including phenoxy) is 2. The minimum atomic E-state index is -0.277. The van der Waals surface area contributed by atoms with Crippen molar-refractivity contribution >= 4 is 11.9 Å². The topological polar surface area (TPSA) is 59.1 Å². The Labute approximate surface area is 184 Å². The molecule has 1 atom stereocenters. The molecule has 1 aromatic rings. The van der Waals surface area contributed by atoms with Crippen molar-refractivity contribution in [3.63, 3.8) is 0 Å². The van der Waals surface area contributed by atoms with E-state index in [2.05, 4.69) is 9.64 Å². The summed E-state index contributed by atoms with van der Waals surface area (Å²) in [5.74, 6) is 0.0987. The lowest BCUT2D eigenvalue weighted by molar-refractivity contribution is -0.141. The number of carbonyl (C=O) groups is 2. The molecule has 2 aliphatic rings. The smallest absolute Gasteiger partial charge is 0.305 e. The zero-order valence-corrected chi connectivity index (χ0v) is 18.6. The van der Waals surface area contributed by atoms with Gasteiger partial charge < -0.3 is 14.4 Å². The summed E-state index contributed by atoms with van der Waals surface area (Å²) in [5.41, 5.74) is 0.738. The highest BCUT2D eigenvalue weighted by atomic mass is 19.1. The van der Waals surface area contributed by atoms with Crippen molar-refractivity contribution in [2.75, 3.05) is 39.9 Å². The molecule has 2 fully saturated rings. The van der Waals surface area contributed by atoms with E-state index in [1.165, 1.54) is 13.2 Å². The van der Waals surface area contributed by atoms with Gasteiger partial charge >= 0.3 is 5.97 Å². The van der Waals surface area contributed by atoms with Crippen molar-refractivity contribution in [2.24, 2.45) is 5.92 Å². The summed E-state index contributed by atoms with van der Waals surface area (Å²) in [7, 11) is 1.37. The van der Waals surface area contributed by atoms with Crippen LogP contribution in [0.2, 0.25) is 0 Å². The molecule has 3 rings (SSSR count). The molecule has 0 radical (unpaired) electrons. The molecule has 0 unspecified atom stereocenters. The van der Waals surface area contributed by atoms with Crippen LogP contribution >= 0.6 is 0 Å². The molecule has 7 heteroatoms. The van der Waals surface area contributed by atoms with Crippen molar-refractivity contribution in [1.82, 2.24) is 9.80 Å². The summed E-state index contributed by atoms with van der Waals surface area (Å²) in [5, 5.41) is 0. The van der Waals surface area contributed by atoms with Crippen LogP contribution in [-0.4, -0.2) is 67.7 Å². The van der Waals surface area contributed by atoms with Gasteiger partial charge in [-0.25, -0.2) is 4.39 Å². The maximum absolute atomic E-state index is 13.9. The monoisotopic (exact) mass is 434 g/mol. The van der Waals surface area contributed by atoms with Gasteiger partial charge in [0, 0.05) is 44.6 Å². The van der Waals surface area contributed by atoms with Gasteiger partial charge in [-0.05, 0) is 57.2 Å². The van der Waals surface area contributed by atoms with E-state index >= 15 is 0 Å². The first-order valence-corrected chi connectivity index (χ1v) is 11.5. The van der Waals surface area contributed by atoms with Gasteiger partial charge in [0.15, 0.2) is 0 Å². The van der Waals surface area contributed by atoms with Crippen LogP contribution in [-0.2, 0) is 25.6 Å². The minimum Gasteiger partial charge on any atom is -0.469 e. The Balaban J connectivity index is 1.48. The quantitative estimate of drug-likeness (QED) is 0.529. The average molecular weight is 435 g/mol. The number of amides is 1. The predicted octanol–water partition coefficient (Wildman–Crippen LogP) is 3.39. The number of rotatable bonds is 10. The number of hydrogen-bond acceptors (Lipinski definition) is 5. The number of halogens is 1. The Kier molecular flexibility index (Phi) is 9.28. The number of likely N-dealkylation sites (tertiary alicyclic amines) is 1. The maximum Gasteiger partial charge on any atom is 0.305 e. The van der Waals surface area contributed by atoms with Crippen LogP contribution in [0.4, 0.5) is 4.39 Å². The van der Waals surface area contributed by atoms with Crippen molar-refractivity contribution < 1.29 is 23.5 Å². The van der Waals surface area contributed by atoms with Crippen LogP contribution in [0.15, 0.2) is 24.3 Å². The Morgan fingerprint density at radius 2 is 1.94 bits per heavy atom. The largest absolute Gasteiger partial charge is 0.469 e. The summed E-state index contributed by atoms with van der Waals surface area (Å²) in [6.07, 6.45) is 5.27. The molecule has 172 valence electrons. The number of hydrogen-bond donors (Lipinski definition) is 0. The normalized spacial score (nSPS) is 20.0. The molecule has 2 saturated heterocycles. The summed E-state index contributed by atoms with van der Waals surface area (Å²) >= 11 is 0. The van der Waals surface area contributed by atoms with Crippen molar-refractivity contribution in [2.45, 2.75) is 57.6 Å². The van der Waals surface area contributed by atoms with Crippen LogP contribution < -0.4 is 0 Å². The van der Waals surface area contributed by atoms with E-state index in [1.54, 1.807) is 6.07 Å². The molecule has 0 aromatic heterocycles. The molecule has 31 heavy (non-hydrogen) atoms. The fourth-order valence-electron chi connectivity index (χ4n) is 4.46. The first kappa shape index (κ1) is 23.7. The van der Waals surface area contributed by atoms with Crippen molar-refractivity contribution in [3.8, 4) is 0 Å². The van der Waals surface area contributed by atoms with Crippen LogP contribution in [0, 0.1) is 11.7 Å². The zero-order valence-electron chi connectivity index (χ0n) is 18.6. The number of esters is 1. The van der Waals surface area contributed by atoms with Gasteiger partial charge in [-0.2, -0.15) is 0 Å². The van der Waals surface area contributed by atoms with Crippen molar-refractivity contribution in [3.05, 3.63) is 35.6 Å². The summed E-state index contributed by atoms with van der Waals surface area (Å²) in [6, 6.07) is 6.95. The lowest BCUT2D eigenvalue weighted by Gasteiger charge is -2.35. The molecule has 2 aliphatic heterocycles. The molecule has 1 amide bonds. The Bertz CT molecular complexity index is 715. The zero-order chi connectivity index (χ0) is 22.1. The summed E-state index contributed by atoms with van der Waals surface area (Å²) in [4.78, 5) is 28.5. The van der Waals surface area contributed by atoms with Crippen LogP contribution in [0.25, 0.3) is 0 Å². The minimum absolute atomic E-state index is 0.0909. The van der Waals surface area contributed by atoms with E-state index < -0.39 is 0 Å². The highest BCUT2D eigenvalue weighted by molar-refractivity contribution is 5.77. The average Bonchev–Trinajstić information content (AvgIpc) is 3.29. The van der Waals surface area contributed by atoms with Gasteiger partial charge in [0.25, 0.3) is 0 Å².